The van der Waals surface area contributed by atoms with Gasteiger partial charge in [-0.1, -0.05) is 39.0 Å². The van der Waals surface area contributed by atoms with Crippen molar-refractivity contribution in [3.05, 3.63) is 0 Å². The second kappa shape index (κ2) is 46.4. The molecule has 14 heteroatoms. The van der Waals surface area contributed by atoms with Gasteiger partial charge in [0.25, 0.3) is 0 Å². The van der Waals surface area contributed by atoms with Gasteiger partial charge in [0, 0.05) is 13.2 Å². The summed E-state index contributed by atoms with van der Waals surface area (Å²) in [6, 6.07) is 0. The molecule has 0 aromatic heterocycles. The molecule has 0 unspecified atom stereocenters. The van der Waals surface area contributed by atoms with E-state index < -0.39 is 0 Å². The van der Waals surface area contributed by atoms with E-state index in [0.717, 1.165) is 13.0 Å². The monoisotopic (exact) mass is 701 g/mol. The predicted octanol–water partition coefficient (Wildman–Crippen LogP) is 2.52. The molecule has 0 bridgehead atoms. The van der Waals surface area contributed by atoms with Crippen LogP contribution in [0.3, 0.4) is 0 Å². The smallest absolute Gasteiger partial charge is 0.0701 e. The number of nitrogens with two attached hydrogens (primary N) is 1. The van der Waals surface area contributed by atoms with Crippen LogP contribution < -0.4 is 5.73 Å². The van der Waals surface area contributed by atoms with Gasteiger partial charge in [-0.15, -0.1) is 0 Å². The second-order valence-corrected chi connectivity index (χ2v) is 10.5. The van der Waals surface area contributed by atoms with E-state index in [1.165, 1.54) is 32.1 Å². The van der Waals surface area contributed by atoms with E-state index in [1.54, 1.807) is 0 Å². The summed E-state index contributed by atoms with van der Waals surface area (Å²) in [4.78, 5) is 0. The third kappa shape index (κ3) is 45.4. The van der Waals surface area contributed by atoms with Crippen molar-refractivity contribution >= 4 is 0 Å². The fourth-order valence-corrected chi connectivity index (χ4v) is 3.81. The lowest BCUT2D eigenvalue weighted by Crippen LogP contribution is -2.16. The third-order valence-corrected chi connectivity index (χ3v) is 6.37. The minimum atomic E-state index is 0.512. The maximum atomic E-state index is 5.59. The average Bonchev–Trinajstić information content (AvgIpc) is 3.10. The highest BCUT2D eigenvalue weighted by atomic mass is 16.6. The molecule has 0 aliphatic heterocycles. The Morgan fingerprint density at radius 3 is 0.646 bits per heavy atom. The molecule has 0 spiro atoms. The summed E-state index contributed by atoms with van der Waals surface area (Å²) in [6.45, 7) is 17.0. The van der Waals surface area contributed by atoms with Gasteiger partial charge in [-0.3, -0.25) is 0 Å². The van der Waals surface area contributed by atoms with Crippen LogP contribution in [0.4, 0.5) is 0 Å². The fraction of sp³-hybridized carbons (Fsp3) is 1.00. The Labute approximate surface area is 291 Å². The van der Waals surface area contributed by atoms with E-state index in [2.05, 4.69) is 6.92 Å². The fourth-order valence-electron chi connectivity index (χ4n) is 3.81. The van der Waals surface area contributed by atoms with Crippen LogP contribution in [0.25, 0.3) is 0 Å². The molecule has 0 saturated heterocycles. The SMILES string of the molecule is CCCCCCCCOCCOCCOCCOCCOCCOCCOCCOCCOCCOCCOCCOCCOCCN. The maximum Gasteiger partial charge on any atom is 0.0701 e. The lowest BCUT2D eigenvalue weighted by atomic mass is 10.1. The van der Waals surface area contributed by atoms with Gasteiger partial charge in [-0.25, -0.2) is 0 Å². The number of ether oxygens (including phenoxy) is 13. The number of unbranched alkanes of at least 4 members (excludes halogenated alkanes) is 5. The van der Waals surface area contributed by atoms with Gasteiger partial charge in [-0.05, 0) is 6.42 Å². The van der Waals surface area contributed by atoms with E-state index in [0.29, 0.717) is 172 Å². The van der Waals surface area contributed by atoms with Gasteiger partial charge >= 0.3 is 0 Å². The van der Waals surface area contributed by atoms with Crippen LogP contribution in [0, 0.1) is 0 Å². The van der Waals surface area contributed by atoms with Gasteiger partial charge in [0.15, 0.2) is 0 Å². The standard InChI is InChI=1S/C34H71NO13/c1-2-3-4-5-6-7-9-36-11-13-38-15-17-40-19-21-42-23-25-44-27-29-46-31-33-48-34-32-47-30-28-45-26-24-43-22-20-41-18-16-39-14-12-37-10-8-35/h2-35H2,1H3. The van der Waals surface area contributed by atoms with Crippen molar-refractivity contribution < 1.29 is 61.6 Å². The summed E-state index contributed by atoms with van der Waals surface area (Å²) < 4.78 is 71.0. The van der Waals surface area contributed by atoms with Crippen molar-refractivity contribution in [3.8, 4) is 0 Å². The lowest BCUT2D eigenvalue weighted by molar-refractivity contribution is -0.0290. The van der Waals surface area contributed by atoms with Crippen LogP contribution >= 0.6 is 0 Å². The lowest BCUT2D eigenvalue weighted by Gasteiger charge is -2.09. The molecule has 0 aromatic carbocycles. The number of rotatable bonds is 45. The molecule has 0 aliphatic carbocycles. The largest absolute Gasteiger partial charge is 0.379 e. The molecule has 0 aromatic rings. The molecule has 14 nitrogen and oxygen atoms in total. The minimum Gasteiger partial charge on any atom is -0.379 e. The molecule has 0 fully saturated rings. The molecule has 0 atom stereocenters. The molecule has 290 valence electrons. The summed E-state index contributed by atoms with van der Waals surface area (Å²) in [5, 5.41) is 0. The molecule has 2 N–H and O–H groups in total. The van der Waals surface area contributed by atoms with Crippen molar-refractivity contribution in [3.63, 3.8) is 0 Å². The van der Waals surface area contributed by atoms with E-state index in [1.807, 2.05) is 0 Å². The zero-order valence-electron chi connectivity index (χ0n) is 30.2. The summed E-state index contributed by atoms with van der Waals surface area (Å²) >= 11 is 0. The average molecular weight is 702 g/mol. The molecule has 0 heterocycles. The van der Waals surface area contributed by atoms with Crippen molar-refractivity contribution in [2.45, 2.75) is 45.4 Å². The normalized spacial score (nSPS) is 11.6. The van der Waals surface area contributed by atoms with E-state index in [9.17, 15) is 0 Å². The van der Waals surface area contributed by atoms with E-state index in [4.69, 9.17) is 67.3 Å². The Bertz CT molecular complexity index is 509. The minimum absolute atomic E-state index is 0.512. The zero-order valence-corrected chi connectivity index (χ0v) is 30.2. The topological polar surface area (TPSA) is 146 Å². The Morgan fingerprint density at radius 2 is 0.417 bits per heavy atom. The molecule has 0 aliphatic rings. The summed E-state index contributed by atoms with van der Waals surface area (Å²) in [5.41, 5.74) is 5.33. The van der Waals surface area contributed by atoms with Crippen LogP contribution in [-0.2, 0) is 61.6 Å². The molecule has 0 rings (SSSR count). The van der Waals surface area contributed by atoms with Gasteiger partial charge < -0.3 is 67.3 Å². The molecule has 0 saturated carbocycles. The Balaban J connectivity index is 3.04. The molecule has 48 heavy (non-hydrogen) atoms. The summed E-state index contributed by atoms with van der Waals surface area (Å²) in [7, 11) is 0. The summed E-state index contributed by atoms with van der Waals surface area (Å²) in [5.74, 6) is 0. The zero-order chi connectivity index (χ0) is 34.5. The molecule has 0 amide bonds. The van der Waals surface area contributed by atoms with Crippen molar-refractivity contribution in [1.82, 2.24) is 0 Å². The van der Waals surface area contributed by atoms with Gasteiger partial charge in [0.05, 0.1) is 165 Å². The van der Waals surface area contributed by atoms with E-state index >= 15 is 0 Å². The Kier molecular flexibility index (Phi) is 45.9. The van der Waals surface area contributed by atoms with Crippen LogP contribution in [-0.4, -0.2) is 178 Å². The second-order valence-electron chi connectivity index (χ2n) is 10.5. The number of hydrogen-bond acceptors (Lipinski definition) is 14. The van der Waals surface area contributed by atoms with E-state index in [-0.39, 0.29) is 0 Å². The first-order valence-electron chi connectivity index (χ1n) is 18.1. The Morgan fingerprint density at radius 1 is 0.229 bits per heavy atom. The first kappa shape index (κ1) is 47.4. The van der Waals surface area contributed by atoms with Crippen LogP contribution in [0.1, 0.15) is 45.4 Å². The van der Waals surface area contributed by atoms with Gasteiger partial charge in [0.1, 0.15) is 0 Å². The highest BCUT2D eigenvalue weighted by molar-refractivity contribution is 4.44. The van der Waals surface area contributed by atoms with Crippen LogP contribution in [0.15, 0.2) is 0 Å². The molecule has 0 radical (unpaired) electrons. The maximum absolute atomic E-state index is 5.59. The first-order valence-corrected chi connectivity index (χ1v) is 18.1. The van der Waals surface area contributed by atoms with Crippen LogP contribution in [0.2, 0.25) is 0 Å². The van der Waals surface area contributed by atoms with Gasteiger partial charge in [0.2, 0.25) is 0 Å². The molecular weight excluding hydrogens is 630 g/mol. The molecular formula is C34H71NO13. The van der Waals surface area contributed by atoms with Crippen molar-refractivity contribution in [2.75, 3.05) is 178 Å². The first-order chi connectivity index (χ1) is 23.9. The van der Waals surface area contributed by atoms with Gasteiger partial charge in [-0.2, -0.15) is 0 Å². The highest BCUT2D eigenvalue weighted by Gasteiger charge is 1.97. The quantitative estimate of drug-likeness (QED) is 0.0928. The van der Waals surface area contributed by atoms with Crippen molar-refractivity contribution in [2.24, 2.45) is 5.73 Å². The number of hydrogen-bond donors (Lipinski definition) is 1. The van der Waals surface area contributed by atoms with Crippen LogP contribution in [0.5, 0.6) is 0 Å². The van der Waals surface area contributed by atoms with Crippen molar-refractivity contribution in [1.29, 1.82) is 0 Å². The predicted molar refractivity (Wildman–Crippen MR) is 183 cm³/mol. The third-order valence-electron chi connectivity index (χ3n) is 6.37. The Hall–Kier alpha value is -0.560. The summed E-state index contributed by atoms with van der Waals surface area (Å²) in [6.07, 6.45) is 7.68. The highest BCUT2D eigenvalue weighted by Crippen LogP contribution is 2.04.